The minimum atomic E-state index is -0.873. The highest BCUT2D eigenvalue weighted by atomic mass is 19.1. The Labute approximate surface area is 203 Å². The van der Waals surface area contributed by atoms with Crippen LogP contribution in [0.2, 0.25) is 0 Å². The zero-order valence-electron chi connectivity index (χ0n) is 19.6. The maximum atomic E-state index is 13.8. The minimum Gasteiger partial charge on any atom is -0.376 e. The van der Waals surface area contributed by atoms with Gasteiger partial charge in [-0.25, -0.2) is 9.07 Å². The van der Waals surface area contributed by atoms with Crippen molar-refractivity contribution in [2.75, 3.05) is 13.2 Å². The summed E-state index contributed by atoms with van der Waals surface area (Å²) in [6.07, 6.45) is 5.47. The summed E-state index contributed by atoms with van der Waals surface area (Å²) in [6, 6.07) is 12.3. The molecule has 1 aliphatic carbocycles. The van der Waals surface area contributed by atoms with Gasteiger partial charge in [0.25, 0.3) is 0 Å². The van der Waals surface area contributed by atoms with Crippen molar-refractivity contribution in [3.05, 3.63) is 59.9 Å². The lowest BCUT2D eigenvalue weighted by Gasteiger charge is -2.36. The second kappa shape index (κ2) is 10.5. The van der Waals surface area contributed by atoms with E-state index in [1.54, 1.807) is 21.7 Å². The molecule has 35 heavy (non-hydrogen) atoms. The Morgan fingerprint density at radius 1 is 1.09 bits per heavy atom. The summed E-state index contributed by atoms with van der Waals surface area (Å²) in [5, 5.41) is 11.3. The normalized spacial score (nSPS) is 19.2. The van der Waals surface area contributed by atoms with Gasteiger partial charge in [-0.1, -0.05) is 42.3 Å². The molecule has 2 fully saturated rings. The molecule has 2 aromatic carbocycles. The van der Waals surface area contributed by atoms with Crippen molar-refractivity contribution in [3.63, 3.8) is 0 Å². The van der Waals surface area contributed by atoms with Gasteiger partial charge < -0.3 is 15.0 Å². The fraction of sp³-hybridized carbons (Fsp3) is 0.462. The van der Waals surface area contributed by atoms with Crippen molar-refractivity contribution < 1.29 is 18.7 Å². The van der Waals surface area contributed by atoms with Gasteiger partial charge in [-0.3, -0.25) is 9.59 Å². The topological polar surface area (TPSA) is 89.4 Å². The number of para-hydroxylation sites is 1. The summed E-state index contributed by atoms with van der Waals surface area (Å²) in [7, 11) is 0. The molecule has 184 valence electrons. The zero-order valence-corrected chi connectivity index (χ0v) is 19.6. The van der Waals surface area contributed by atoms with Gasteiger partial charge in [0, 0.05) is 19.2 Å². The van der Waals surface area contributed by atoms with Crippen LogP contribution in [-0.2, 0) is 20.9 Å². The van der Waals surface area contributed by atoms with Crippen LogP contribution < -0.4 is 5.32 Å². The van der Waals surface area contributed by atoms with Gasteiger partial charge in [0.1, 0.15) is 23.9 Å². The molecular formula is C26H30FN5O3. The molecule has 2 amide bonds. The number of ether oxygens (including phenoxy) is 1. The molecule has 9 heteroatoms. The first-order chi connectivity index (χ1) is 17.1. The highest BCUT2D eigenvalue weighted by molar-refractivity contribution is 5.89. The van der Waals surface area contributed by atoms with Gasteiger partial charge in [-0.15, -0.1) is 5.10 Å². The van der Waals surface area contributed by atoms with Gasteiger partial charge in [0.15, 0.2) is 0 Å². The smallest absolute Gasteiger partial charge is 0.247 e. The molecule has 1 aromatic heterocycles. The Hall–Kier alpha value is -3.33. The molecule has 2 heterocycles. The molecule has 2 aliphatic rings. The first kappa shape index (κ1) is 23.4. The molecule has 0 bridgehead atoms. The van der Waals surface area contributed by atoms with E-state index in [-0.39, 0.29) is 36.3 Å². The number of nitrogens with one attached hydrogen (secondary N) is 1. The van der Waals surface area contributed by atoms with Crippen molar-refractivity contribution in [2.45, 2.75) is 63.3 Å². The Morgan fingerprint density at radius 2 is 1.86 bits per heavy atom. The van der Waals surface area contributed by atoms with Crippen LogP contribution in [0.15, 0.2) is 48.5 Å². The Balaban J connectivity index is 1.46. The van der Waals surface area contributed by atoms with E-state index >= 15 is 0 Å². The number of halogens is 1. The predicted molar refractivity (Wildman–Crippen MR) is 128 cm³/mol. The molecule has 8 nitrogen and oxygen atoms in total. The maximum Gasteiger partial charge on any atom is 0.247 e. The van der Waals surface area contributed by atoms with Gasteiger partial charge in [-0.05, 0) is 55.5 Å². The average molecular weight is 480 g/mol. The van der Waals surface area contributed by atoms with Crippen molar-refractivity contribution in [1.82, 2.24) is 25.2 Å². The lowest BCUT2D eigenvalue weighted by molar-refractivity contribution is -0.144. The number of carbonyl (C=O) groups excluding carboxylic acids is 2. The van der Waals surface area contributed by atoms with Crippen molar-refractivity contribution in [1.29, 1.82) is 0 Å². The highest BCUT2D eigenvalue weighted by Crippen LogP contribution is 2.32. The SMILES string of the molecule is O=C(NC[C@H]1CCCO1)[C@H](c1ccc(F)cc1)N(C(=O)Cn1nnc2ccccc21)C1CCCC1. The molecule has 0 radical (unpaired) electrons. The first-order valence-corrected chi connectivity index (χ1v) is 12.3. The number of aromatic nitrogens is 3. The Morgan fingerprint density at radius 3 is 2.60 bits per heavy atom. The van der Waals surface area contributed by atoms with Crippen LogP contribution in [0.3, 0.4) is 0 Å². The Kier molecular flexibility index (Phi) is 7.03. The molecule has 5 rings (SSSR count). The summed E-state index contributed by atoms with van der Waals surface area (Å²) in [5.41, 5.74) is 2.05. The van der Waals surface area contributed by atoms with Gasteiger partial charge in [-0.2, -0.15) is 0 Å². The number of hydrogen-bond donors (Lipinski definition) is 1. The summed E-state index contributed by atoms with van der Waals surface area (Å²) >= 11 is 0. The number of rotatable bonds is 8. The third-order valence-corrected chi connectivity index (χ3v) is 6.95. The molecule has 1 aliphatic heterocycles. The molecular weight excluding hydrogens is 449 g/mol. The van der Waals surface area contributed by atoms with Gasteiger partial charge in [0.2, 0.25) is 11.8 Å². The van der Waals surface area contributed by atoms with E-state index in [0.29, 0.717) is 24.2 Å². The quantitative estimate of drug-likeness (QED) is 0.535. The monoisotopic (exact) mass is 479 g/mol. The van der Waals surface area contributed by atoms with Crippen molar-refractivity contribution >= 4 is 22.8 Å². The number of amides is 2. The molecule has 2 atom stereocenters. The molecule has 1 N–H and O–H groups in total. The summed E-state index contributed by atoms with van der Waals surface area (Å²) in [6.45, 7) is 1.05. The van der Waals surface area contributed by atoms with E-state index in [1.807, 2.05) is 24.3 Å². The largest absolute Gasteiger partial charge is 0.376 e. The van der Waals surface area contributed by atoms with Crippen molar-refractivity contribution in [2.24, 2.45) is 0 Å². The molecule has 0 spiro atoms. The van der Waals surface area contributed by atoms with Crippen molar-refractivity contribution in [3.8, 4) is 0 Å². The highest BCUT2D eigenvalue weighted by Gasteiger charge is 2.38. The van der Waals surface area contributed by atoms with Crippen LogP contribution in [0, 0.1) is 5.82 Å². The van der Waals surface area contributed by atoms with Crippen LogP contribution in [0.25, 0.3) is 11.0 Å². The maximum absolute atomic E-state index is 13.8. The number of hydrogen-bond acceptors (Lipinski definition) is 5. The van der Waals surface area contributed by atoms with E-state index < -0.39 is 6.04 Å². The molecule has 0 unspecified atom stereocenters. The molecule has 3 aromatic rings. The Bertz CT molecular complexity index is 1170. The fourth-order valence-electron chi connectivity index (χ4n) is 5.18. The van der Waals surface area contributed by atoms with Gasteiger partial charge in [0.05, 0.1) is 11.6 Å². The third kappa shape index (κ3) is 5.19. The number of nitrogens with zero attached hydrogens (tertiary/aromatic N) is 4. The van der Waals surface area contributed by atoms with Crippen LogP contribution in [-0.4, -0.2) is 57.0 Å². The summed E-state index contributed by atoms with van der Waals surface area (Å²) < 4.78 is 21.0. The summed E-state index contributed by atoms with van der Waals surface area (Å²) in [5.74, 6) is -0.884. The van der Waals surface area contributed by atoms with E-state index in [2.05, 4.69) is 15.6 Å². The standard InChI is InChI=1S/C26H30FN5O3/c27-19-13-11-18(12-14-19)25(26(34)28-16-21-8-5-15-35-21)32(20-6-1-2-7-20)24(33)17-31-23-10-4-3-9-22(23)29-30-31/h3-4,9-14,20-21,25H,1-2,5-8,15-17H2,(H,28,34)/t21-,25+/m1/s1. The summed E-state index contributed by atoms with van der Waals surface area (Å²) in [4.78, 5) is 29.2. The first-order valence-electron chi connectivity index (χ1n) is 12.3. The van der Waals surface area contributed by atoms with E-state index in [1.165, 1.54) is 12.1 Å². The van der Waals surface area contributed by atoms with E-state index in [4.69, 9.17) is 4.74 Å². The molecule has 1 saturated carbocycles. The molecule has 1 saturated heterocycles. The second-order valence-corrected chi connectivity index (χ2v) is 9.31. The van der Waals surface area contributed by atoms with E-state index in [9.17, 15) is 14.0 Å². The zero-order chi connectivity index (χ0) is 24.2. The van der Waals surface area contributed by atoms with Crippen LogP contribution in [0.4, 0.5) is 4.39 Å². The van der Waals surface area contributed by atoms with Crippen LogP contribution >= 0.6 is 0 Å². The number of fused-ring (bicyclic) bond motifs is 1. The van der Waals surface area contributed by atoms with Gasteiger partial charge >= 0.3 is 0 Å². The minimum absolute atomic E-state index is 0.0232. The average Bonchev–Trinajstić information content (AvgIpc) is 3.65. The fourth-order valence-corrected chi connectivity index (χ4v) is 5.18. The predicted octanol–water partition coefficient (Wildman–Crippen LogP) is 3.38. The lowest BCUT2D eigenvalue weighted by Crippen LogP contribution is -2.50. The number of benzene rings is 2. The third-order valence-electron chi connectivity index (χ3n) is 6.95. The second-order valence-electron chi connectivity index (χ2n) is 9.31. The lowest BCUT2D eigenvalue weighted by atomic mass is 10.0. The number of carbonyl (C=O) groups is 2. The van der Waals surface area contributed by atoms with E-state index in [0.717, 1.165) is 44.0 Å². The van der Waals surface area contributed by atoms with Crippen LogP contribution in [0.5, 0.6) is 0 Å². The van der Waals surface area contributed by atoms with Crippen LogP contribution in [0.1, 0.15) is 50.1 Å².